The number of benzene rings is 1. The van der Waals surface area contributed by atoms with Gasteiger partial charge in [0.25, 0.3) is 5.91 Å². The van der Waals surface area contributed by atoms with Gasteiger partial charge in [-0.1, -0.05) is 33.6 Å². The number of rotatable bonds is 2. The van der Waals surface area contributed by atoms with Crippen LogP contribution in [0.15, 0.2) is 23.6 Å². The van der Waals surface area contributed by atoms with Crippen LogP contribution in [0.2, 0.25) is 5.02 Å². The molecule has 6 heteroatoms. The number of aryl methyl sites for hydroxylation is 1. The van der Waals surface area contributed by atoms with Crippen LogP contribution in [0.25, 0.3) is 0 Å². The van der Waals surface area contributed by atoms with Crippen LogP contribution in [0.5, 0.6) is 5.75 Å². The fourth-order valence-corrected chi connectivity index (χ4v) is 4.47. The predicted octanol–water partition coefficient (Wildman–Crippen LogP) is 4.32. The molecular formula is C15H13BrClNO2S. The van der Waals surface area contributed by atoms with Crippen LogP contribution in [0.4, 0.5) is 0 Å². The Hall–Kier alpha value is -1.04. The van der Waals surface area contributed by atoms with E-state index in [9.17, 15) is 4.79 Å². The zero-order valence-corrected chi connectivity index (χ0v) is 14.4. The topological polar surface area (TPSA) is 38.3 Å². The number of fused-ring (bicyclic) bond motifs is 1. The van der Waals surface area contributed by atoms with E-state index < -0.39 is 0 Å². The first-order chi connectivity index (χ1) is 10.1. The molecule has 0 radical (unpaired) electrons. The Morgan fingerprint density at radius 2 is 2.29 bits per heavy atom. The van der Waals surface area contributed by atoms with Gasteiger partial charge in [0.15, 0.2) is 0 Å². The summed E-state index contributed by atoms with van der Waals surface area (Å²) >= 11 is 11.6. The van der Waals surface area contributed by atoms with E-state index in [0.29, 0.717) is 24.5 Å². The first-order valence-electron chi connectivity index (χ1n) is 6.50. The summed E-state index contributed by atoms with van der Waals surface area (Å²) in [5, 5.41) is 5.63. The summed E-state index contributed by atoms with van der Waals surface area (Å²) in [5.41, 5.74) is 2.62. The Labute approximate surface area is 140 Å². The number of thiophene rings is 1. The summed E-state index contributed by atoms with van der Waals surface area (Å²) in [6, 6.07) is 5.67. The minimum atomic E-state index is -0.0995. The van der Waals surface area contributed by atoms with Gasteiger partial charge >= 0.3 is 0 Å². The van der Waals surface area contributed by atoms with Crippen molar-refractivity contribution in [1.82, 2.24) is 5.32 Å². The van der Waals surface area contributed by atoms with Gasteiger partial charge in [0.2, 0.25) is 0 Å². The molecule has 1 atom stereocenters. The van der Waals surface area contributed by atoms with Crippen LogP contribution < -0.4 is 10.1 Å². The van der Waals surface area contributed by atoms with Crippen LogP contribution in [-0.4, -0.2) is 19.1 Å². The van der Waals surface area contributed by atoms with E-state index in [0.717, 1.165) is 21.0 Å². The number of hydrogen-bond donors (Lipinski definition) is 1. The standard InChI is InChI=1S/C15H13BrClNO2S/c1-8-7-21-14(13(8)17)12(16)9-2-3-11-10(6-9)15(19)18-4-5-20-11/h2-3,6-7,12H,4-5H2,1H3,(H,18,19). The Morgan fingerprint density at radius 3 is 3.00 bits per heavy atom. The number of nitrogens with one attached hydrogen (secondary N) is 1. The molecule has 21 heavy (non-hydrogen) atoms. The van der Waals surface area contributed by atoms with Crippen molar-refractivity contribution in [2.75, 3.05) is 13.2 Å². The van der Waals surface area contributed by atoms with Gasteiger partial charge in [-0.15, -0.1) is 11.3 Å². The van der Waals surface area contributed by atoms with E-state index >= 15 is 0 Å². The minimum absolute atomic E-state index is 0.0370. The molecule has 2 aromatic rings. The van der Waals surface area contributed by atoms with Gasteiger partial charge in [-0.3, -0.25) is 4.79 Å². The molecule has 2 heterocycles. The number of halogens is 2. The van der Waals surface area contributed by atoms with Crippen molar-refractivity contribution in [1.29, 1.82) is 0 Å². The molecular weight excluding hydrogens is 374 g/mol. The van der Waals surface area contributed by atoms with Crippen LogP contribution in [0.1, 0.15) is 31.2 Å². The lowest BCUT2D eigenvalue weighted by molar-refractivity contribution is 0.0957. The number of carbonyl (C=O) groups excluding carboxylic acids is 1. The van der Waals surface area contributed by atoms with Gasteiger partial charge in [0.1, 0.15) is 12.4 Å². The van der Waals surface area contributed by atoms with E-state index in [4.69, 9.17) is 16.3 Å². The van der Waals surface area contributed by atoms with E-state index in [2.05, 4.69) is 21.2 Å². The zero-order valence-electron chi connectivity index (χ0n) is 11.3. The molecule has 0 fully saturated rings. The lowest BCUT2D eigenvalue weighted by Crippen LogP contribution is -2.24. The number of hydrogen-bond acceptors (Lipinski definition) is 3. The van der Waals surface area contributed by atoms with Crippen molar-refractivity contribution in [2.24, 2.45) is 0 Å². The first kappa shape index (κ1) is 14.9. The molecule has 1 aliphatic heterocycles. The lowest BCUT2D eigenvalue weighted by Gasteiger charge is -2.12. The number of ether oxygens (including phenoxy) is 1. The summed E-state index contributed by atoms with van der Waals surface area (Å²) in [7, 11) is 0. The molecule has 0 saturated carbocycles. The third kappa shape index (κ3) is 2.82. The van der Waals surface area contributed by atoms with Crippen LogP contribution >= 0.6 is 38.9 Å². The average Bonchev–Trinajstić information content (AvgIpc) is 2.71. The van der Waals surface area contributed by atoms with Gasteiger partial charge in [0.05, 0.1) is 22.0 Å². The first-order valence-corrected chi connectivity index (χ1v) is 8.67. The molecule has 110 valence electrons. The molecule has 3 rings (SSSR count). The van der Waals surface area contributed by atoms with Crippen molar-refractivity contribution >= 4 is 44.8 Å². The van der Waals surface area contributed by atoms with E-state index in [-0.39, 0.29) is 10.7 Å². The monoisotopic (exact) mass is 385 g/mol. The Bertz CT molecular complexity index is 701. The van der Waals surface area contributed by atoms with E-state index in [1.54, 1.807) is 11.3 Å². The fraction of sp³-hybridized carbons (Fsp3) is 0.267. The molecule has 1 amide bonds. The number of carbonyl (C=O) groups is 1. The van der Waals surface area contributed by atoms with Crippen molar-refractivity contribution < 1.29 is 9.53 Å². The second-order valence-electron chi connectivity index (χ2n) is 4.82. The maximum absolute atomic E-state index is 12.1. The van der Waals surface area contributed by atoms with Gasteiger partial charge in [0, 0.05) is 4.88 Å². The third-order valence-electron chi connectivity index (χ3n) is 3.34. The average molecular weight is 387 g/mol. The molecule has 1 aliphatic rings. The summed E-state index contributed by atoms with van der Waals surface area (Å²) in [6.07, 6.45) is 0. The predicted molar refractivity (Wildman–Crippen MR) is 89.1 cm³/mol. The molecule has 3 nitrogen and oxygen atoms in total. The quantitative estimate of drug-likeness (QED) is 0.781. The Kier molecular flexibility index (Phi) is 4.24. The molecule has 1 N–H and O–H groups in total. The highest BCUT2D eigenvalue weighted by Gasteiger charge is 2.22. The normalized spacial score (nSPS) is 15.7. The number of alkyl halides is 1. The van der Waals surface area contributed by atoms with E-state index in [1.807, 2.05) is 30.5 Å². The molecule has 1 unspecified atom stereocenters. The van der Waals surface area contributed by atoms with Crippen molar-refractivity contribution in [3.8, 4) is 5.75 Å². The highest BCUT2D eigenvalue weighted by molar-refractivity contribution is 9.09. The largest absolute Gasteiger partial charge is 0.491 e. The molecule has 0 spiro atoms. The SMILES string of the molecule is Cc1csc(C(Br)c2ccc3c(c2)C(=O)NCCO3)c1Cl. The summed E-state index contributed by atoms with van der Waals surface area (Å²) in [6.45, 7) is 3.00. The summed E-state index contributed by atoms with van der Waals surface area (Å²) in [4.78, 5) is 13.1. The van der Waals surface area contributed by atoms with Crippen LogP contribution in [0, 0.1) is 6.92 Å². The number of amides is 1. The fourth-order valence-electron chi connectivity index (χ4n) is 2.20. The van der Waals surface area contributed by atoms with Crippen LogP contribution in [0.3, 0.4) is 0 Å². The highest BCUT2D eigenvalue weighted by atomic mass is 79.9. The maximum atomic E-state index is 12.1. The Morgan fingerprint density at radius 1 is 1.48 bits per heavy atom. The molecule has 0 saturated heterocycles. The second-order valence-corrected chi connectivity index (χ2v) is 7.02. The highest BCUT2D eigenvalue weighted by Crippen LogP contribution is 2.41. The van der Waals surface area contributed by atoms with Crippen molar-refractivity contribution in [3.63, 3.8) is 0 Å². The van der Waals surface area contributed by atoms with Gasteiger partial charge < -0.3 is 10.1 Å². The van der Waals surface area contributed by atoms with Crippen molar-refractivity contribution in [2.45, 2.75) is 11.8 Å². The molecule has 1 aromatic carbocycles. The lowest BCUT2D eigenvalue weighted by atomic mass is 10.1. The molecule has 0 bridgehead atoms. The van der Waals surface area contributed by atoms with Crippen molar-refractivity contribution in [3.05, 3.63) is 50.2 Å². The molecule has 0 aliphatic carbocycles. The minimum Gasteiger partial charge on any atom is -0.491 e. The Balaban J connectivity index is 2.00. The van der Waals surface area contributed by atoms with Gasteiger partial charge in [-0.05, 0) is 35.6 Å². The second kappa shape index (κ2) is 5.99. The zero-order chi connectivity index (χ0) is 15.0. The summed E-state index contributed by atoms with van der Waals surface area (Å²) in [5.74, 6) is 0.527. The smallest absolute Gasteiger partial charge is 0.255 e. The summed E-state index contributed by atoms with van der Waals surface area (Å²) < 4.78 is 5.57. The molecule has 1 aromatic heterocycles. The van der Waals surface area contributed by atoms with Crippen LogP contribution in [-0.2, 0) is 0 Å². The third-order valence-corrected chi connectivity index (χ3v) is 6.41. The van der Waals surface area contributed by atoms with Gasteiger partial charge in [-0.2, -0.15) is 0 Å². The maximum Gasteiger partial charge on any atom is 0.255 e. The van der Waals surface area contributed by atoms with Gasteiger partial charge in [-0.25, -0.2) is 0 Å². The van der Waals surface area contributed by atoms with E-state index in [1.165, 1.54) is 0 Å².